The largest absolute Gasteiger partial charge is 0.497 e. The van der Waals surface area contributed by atoms with Gasteiger partial charge in [0.05, 0.1) is 12.5 Å². The Balaban J connectivity index is 1.48. The summed E-state index contributed by atoms with van der Waals surface area (Å²) in [5, 5.41) is 5.36. The van der Waals surface area contributed by atoms with Crippen molar-refractivity contribution < 1.29 is 28.2 Å². The van der Waals surface area contributed by atoms with Gasteiger partial charge in [0.15, 0.2) is 0 Å². The van der Waals surface area contributed by atoms with Crippen LogP contribution in [0.15, 0.2) is 70.0 Å². The Morgan fingerprint density at radius 1 is 1.00 bits per heavy atom. The van der Waals surface area contributed by atoms with Gasteiger partial charge in [0.25, 0.3) is 0 Å². The maximum absolute atomic E-state index is 13.5. The lowest BCUT2D eigenvalue weighted by Gasteiger charge is -2.23. The number of hydrogen-bond donors (Lipinski definition) is 2. The smallest absolute Gasteiger partial charge is 0.408 e. The molecule has 0 unspecified atom stereocenters. The highest BCUT2D eigenvalue weighted by Gasteiger charge is 2.28. The first-order valence-corrected chi connectivity index (χ1v) is 12.8. The summed E-state index contributed by atoms with van der Waals surface area (Å²) in [6.45, 7) is 6.93. The van der Waals surface area contributed by atoms with Crippen molar-refractivity contribution in [1.29, 1.82) is 0 Å². The molecule has 206 valence electrons. The average Bonchev–Trinajstić information content (AvgIpc) is 3.32. The Bertz CT molecular complexity index is 1810. The number of esters is 1. The van der Waals surface area contributed by atoms with E-state index in [2.05, 4.69) is 10.3 Å². The molecular formula is C31H30N2O7. The van der Waals surface area contributed by atoms with Crippen molar-refractivity contribution in [2.24, 2.45) is 0 Å². The van der Waals surface area contributed by atoms with Crippen LogP contribution in [0.3, 0.4) is 0 Å². The number of carbonyl (C=O) groups is 2. The minimum atomic E-state index is -1.06. The van der Waals surface area contributed by atoms with Crippen LogP contribution in [0.1, 0.15) is 31.9 Å². The summed E-state index contributed by atoms with van der Waals surface area (Å²) in [4.78, 5) is 42.1. The SMILES string of the molecule is COc1ccc2c(c1)c(=O)oc1c(C)c(OC(=O)[C@H](Cc3c[nH]c4ccccc34)NC(=O)OC(C)(C)C)ccc12. The second-order valence-corrected chi connectivity index (χ2v) is 10.5. The zero-order valence-corrected chi connectivity index (χ0v) is 22.9. The summed E-state index contributed by atoms with van der Waals surface area (Å²) in [5.41, 5.74) is 1.24. The molecule has 9 heteroatoms. The number of methoxy groups -OCH3 is 1. The first kappa shape index (κ1) is 26.8. The normalized spacial score (nSPS) is 12.4. The molecule has 3 aromatic carbocycles. The first-order valence-electron chi connectivity index (χ1n) is 12.8. The fourth-order valence-electron chi connectivity index (χ4n) is 4.67. The molecule has 2 N–H and O–H groups in total. The van der Waals surface area contributed by atoms with Gasteiger partial charge in [-0.25, -0.2) is 14.4 Å². The fraction of sp³-hybridized carbons (Fsp3) is 0.258. The number of benzene rings is 3. The predicted octanol–water partition coefficient (Wildman–Crippen LogP) is 5.79. The molecule has 1 amide bonds. The minimum Gasteiger partial charge on any atom is -0.497 e. The van der Waals surface area contributed by atoms with Crippen molar-refractivity contribution in [3.63, 3.8) is 0 Å². The zero-order valence-electron chi connectivity index (χ0n) is 22.9. The van der Waals surface area contributed by atoms with Crippen LogP contribution in [0.25, 0.3) is 32.6 Å². The molecule has 40 heavy (non-hydrogen) atoms. The highest BCUT2D eigenvalue weighted by Crippen LogP contribution is 2.32. The van der Waals surface area contributed by atoms with Gasteiger partial charge in [-0.2, -0.15) is 0 Å². The first-order chi connectivity index (χ1) is 19.0. The van der Waals surface area contributed by atoms with Gasteiger partial charge in [-0.3, -0.25) is 0 Å². The Morgan fingerprint density at radius 3 is 2.50 bits per heavy atom. The van der Waals surface area contributed by atoms with Crippen LogP contribution in [0.4, 0.5) is 4.79 Å². The molecule has 0 aliphatic heterocycles. The van der Waals surface area contributed by atoms with E-state index in [1.54, 1.807) is 64.2 Å². The standard InChI is InChI=1S/C31H30N2O7/c1-17-26(13-12-22-21-11-10-19(37-5)15-23(21)28(34)39-27(17)22)38-29(35)25(33-30(36)40-31(2,3)4)14-18-16-32-24-9-7-6-8-20(18)24/h6-13,15-16,25,32H,14H2,1-5H3,(H,33,36)/t25-/m0/s1. The third-order valence-electron chi connectivity index (χ3n) is 6.57. The van der Waals surface area contributed by atoms with Crippen LogP contribution in [-0.2, 0) is 16.0 Å². The molecule has 5 aromatic rings. The van der Waals surface area contributed by atoms with Crippen LogP contribution >= 0.6 is 0 Å². The number of hydrogen-bond acceptors (Lipinski definition) is 7. The number of H-pyrrole nitrogens is 1. The summed E-state index contributed by atoms with van der Waals surface area (Å²) in [6, 6.07) is 15.2. The fourth-order valence-corrected chi connectivity index (χ4v) is 4.67. The third-order valence-corrected chi connectivity index (χ3v) is 6.57. The maximum Gasteiger partial charge on any atom is 0.408 e. The lowest BCUT2D eigenvalue weighted by molar-refractivity contribution is -0.136. The van der Waals surface area contributed by atoms with Gasteiger partial charge in [-0.05, 0) is 69.7 Å². The van der Waals surface area contributed by atoms with Gasteiger partial charge >= 0.3 is 17.7 Å². The number of amides is 1. The van der Waals surface area contributed by atoms with E-state index in [1.807, 2.05) is 24.3 Å². The summed E-state index contributed by atoms with van der Waals surface area (Å²) < 4.78 is 22.1. The Morgan fingerprint density at radius 2 is 1.75 bits per heavy atom. The molecule has 1 atom stereocenters. The lowest BCUT2D eigenvalue weighted by Crippen LogP contribution is -2.46. The van der Waals surface area contributed by atoms with Crippen molar-refractivity contribution in [2.75, 3.05) is 7.11 Å². The molecule has 0 aliphatic rings. The Kier molecular flexibility index (Phi) is 6.97. The molecule has 0 saturated heterocycles. The average molecular weight is 543 g/mol. The number of aromatic nitrogens is 1. The van der Waals surface area contributed by atoms with Crippen LogP contribution in [-0.4, -0.2) is 35.8 Å². The molecule has 0 bridgehead atoms. The van der Waals surface area contributed by atoms with Crippen LogP contribution < -0.4 is 20.4 Å². The van der Waals surface area contributed by atoms with Gasteiger partial charge in [0.2, 0.25) is 0 Å². The molecule has 0 saturated carbocycles. The van der Waals surface area contributed by atoms with Crippen LogP contribution in [0, 0.1) is 6.92 Å². The molecule has 0 fully saturated rings. The number of alkyl carbamates (subject to hydrolysis) is 1. The number of carbonyl (C=O) groups excluding carboxylic acids is 2. The molecule has 5 rings (SSSR count). The van der Waals surface area contributed by atoms with Crippen molar-refractivity contribution in [3.05, 3.63) is 82.3 Å². The third kappa shape index (κ3) is 5.36. The second-order valence-electron chi connectivity index (χ2n) is 10.5. The summed E-state index contributed by atoms with van der Waals surface area (Å²) in [5.74, 6) is 0.0649. The van der Waals surface area contributed by atoms with E-state index in [9.17, 15) is 14.4 Å². The summed E-state index contributed by atoms with van der Waals surface area (Å²) in [7, 11) is 1.53. The zero-order chi connectivity index (χ0) is 28.6. The van der Waals surface area contributed by atoms with Crippen molar-refractivity contribution in [3.8, 4) is 11.5 Å². The van der Waals surface area contributed by atoms with Crippen molar-refractivity contribution in [2.45, 2.75) is 45.8 Å². The van der Waals surface area contributed by atoms with Crippen LogP contribution in [0.5, 0.6) is 11.5 Å². The van der Waals surface area contributed by atoms with E-state index in [0.29, 0.717) is 33.1 Å². The van der Waals surface area contributed by atoms with E-state index in [4.69, 9.17) is 18.6 Å². The van der Waals surface area contributed by atoms with Gasteiger partial charge in [0, 0.05) is 39.9 Å². The van der Waals surface area contributed by atoms with Gasteiger partial charge in [-0.1, -0.05) is 18.2 Å². The van der Waals surface area contributed by atoms with E-state index < -0.39 is 29.3 Å². The predicted molar refractivity (Wildman–Crippen MR) is 152 cm³/mol. The molecule has 0 radical (unpaired) electrons. The topological polar surface area (TPSA) is 120 Å². The van der Waals surface area contributed by atoms with Gasteiger partial charge in [0.1, 0.15) is 28.7 Å². The highest BCUT2D eigenvalue weighted by molar-refractivity contribution is 6.06. The number of rotatable bonds is 6. The Labute approximate surface area is 230 Å². The molecule has 2 aromatic heterocycles. The molecule has 9 nitrogen and oxygen atoms in total. The van der Waals surface area contributed by atoms with Crippen LogP contribution in [0.2, 0.25) is 0 Å². The van der Waals surface area contributed by atoms with Crippen molar-refractivity contribution >= 4 is 44.7 Å². The second kappa shape index (κ2) is 10.4. The Hall–Kier alpha value is -4.79. The van der Waals surface area contributed by atoms with E-state index in [-0.39, 0.29) is 12.2 Å². The maximum atomic E-state index is 13.5. The van der Waals surface area contributed by atoms with Gasteiger partial charge in [-0.15, -0.1) is 0 Å². The van der Waals surface area contributed by atoms with E-state index in [1.165, 1.54) is 7.11 Å². The quantitative estimate of drug-likeness (QED) is 0.121. The summed E-state index contributed by atoms with van der Waals surface area (Å²) >= 11 is 0. The highest BCUT2D eigenvalue weighted by atomic mass is 16.6. The monoisotopic (exact) mass is 542 g/mol. The number of fused-ring (bicyclic) bond motifs is 4. The molecule has 0 spiro atoms. The number of ether oxygens (including phenoxy) is 3. The van der Waals surface area contributed by atoms with Crippen molar-refractivity contribution in [1.82, 2.24) is 10.3 Å². The molecule has 0 aliphatic carbocycles. The van der Waals surface area contributed by atoms with E-state index >= 15 is 0 Å². The number of para-hydroxylation sites is 1. The summed E-state index contributed by atoms with van der Waals surface area (Å²) in [6.07, 6.45) is 1.23. The van der Waals surface area contributed by atoms with Gasteiger partial charge < -0.3 is 28.9 Å². The minimum absolute atomic E-state index is 0.163. The lowest BCUT2D eigenvalue weighted by atomic mass is 10.0. The molecule has 2 heterocycles. The number of nitrogens with one attached hydrogen (secondary N) is 2. The van der Waals surface area contributed by atoms with E-state index in [0.717, 1.165) is 16.5 Å². The number of aromatic amines is 1. The number of aryl methyl sites for hydroxylation is 1. The molecular weight excluding hydrogens is 512 g/mol.